The molecule has 2 N–H and O–H groups in total. The highest BCUT2D eigenvalue weighted by atomic mass is 127. The first kappa shape index (κ1) is 24.3. The zero-order valence-corrected chi connectivity index (χ0v) is 18.9. The summed E-state index contributed by atoms with van der Waals surface area (Å²) in [6.07, 6.45) is 3.91. The van der Waals surface area contributed by atoms with Crippen LogP contribution >= 0.6 is 35.7 Å². The van der Waals surface area contributed by atoms with Crippen LogP contribution in [0.15, 0.2) is 23.3 Å². The maximum Gasteiger partial charge on any atom is 0.213 e. The number of aliphatic imine (C=N–C) groups is 1. The minimum Gasteiger partial charge on any atom is -0.475 e. The van der Waals surface area contributed by atoms with Gasteiger partial charge in [0.1, 0.15) is 6.61 Å². The van der Waals surface area contributed by atoms with Crippen molar-refractivity contribution in [1.82, 2.24) is 15.6 Å². The standard InChI is InChI=1S/C17H30N4O2S.HI/c1-6-18-16(21-13-17(2,3)24-5)20-12-14-7-8-15(19-11-14)23-10-9-22-4;/h7-8,11H,6,9-10,12-13H2,1-5H3,(H2,18,20,21);1H. The molecule has 1 heterocycles. The Hall–Kier alpha value is -0.740. The Morgan fingerprint density at radius 2 is 2.04 bits per heavy atom. The SMILES string of the molecule is CCNC(=NCc1ccc(OCCOC)nc1)NCC(C)(C)SC.I. The molecule has 1 aromatic heterocycles. The lowest BCUT2D eigenvalue weighted by molar-refractivity contribution is 0.143. The van der Waals surface area contributed by atoms with Gasteiger partial charge in [-0.1, -0.05) is 6.07 Å². The van der Waals surface area contributed by atoms with E-state index in [1.165, 1.54) is 0 Å². The highest BCUT2D eigenvalue weighted by molar-refractivity contribution is 14.0. The second-order valence-corrected chi connectivity index (χ2v) is 7.37. The number of guanidine groups is 1. The molecule has 0 aliphatic heterocycles. The van der Waals surface area contributed by atoms with Gasteiger partial charge in [-0.3, -0.25) is 0 Å². The van der Waals surface area contributed by atoms with E-state index in [0.717, 1.165) is 24.6 Å². The van der Waals surface area contributed by atoms with Crippen molar-refractivity contribution in [3.8, 4) is 5.88 Å². The van der Waals surface area contributed by atoms with Gasteiger partial charge in [-0.05, 0) is 32.6 Å². The molecule has 0 unspecified atom stereocenters. The topological polar surface area (TPSA) is 67.8 Å². The molecular formula is C17H31IN4O2S. The summed E-state index contributed by atoms with van der Waals surface area (Å²) in [5.41, 5.74) is 1.04. The maximum atomic E-state index is 5.45. The average Bonchev–Trinajstić information content (AvgIpc) is 2.59. The Balaban J connectivity index is 0.00000576. The van der Waals surface area contributed by atoms with Crippen LogP contribution in [0.4, 0.5) is 0 Å². The highest BCUT2D eigenvalue weighted by Crippen LogP contribution is 2.19. The fourth-order valence-corrected chi connectivity index (χ4v) is 1.92. The number of nitrogens with one attached hydrogen (secondary N) is 2. The monoisotopic (exact) mass is 482 g/mol. The third kappa shape index (κ3) is 10.8. The first-order valence-electron chi connectivity index (χ1n) is 8.14. The quantitative estimate of drug-likeness (QED) is 0.232. The number of ether oxygens (including phenoxy) is 2. The van der Waals surface area contributed by atoms with Crippen LogP contribution in [-0.2, 0) is 11.3 Å². The van der Waals surface area contributed by atoms with E-state index in [9.17, 15) is 0 Å². The van der Waals surface area contributed by atoms with Crippen molar-refractivity contribution in [2.75, 3.05) is 39.7 Å². The van der Waals surface area contributed by atoms with Crippen LogP contribution in [0.1, 0.15) is 26.3 Å². The smallest absolute Gasteiger partial charge is 0.213 e. The predicted molar refractivity (Wildman–Crippen MR) is 117 cm³/mol. The van der Waals surface area contributed by atoms with Crippen LogP contribution in [0.3, 0.4) is 0 Å². The second-order valence-electron chi connectivity index (χ2n) is 5.86. The molecule has 1 rings (SSSR count). The van der Waals surface area contributed by atoms with E-state index in [2.05, 4.69) is 47.6 Å². The van der Waals surface area contributed by atoms with Crippen molar-refractivity contribution >= 4 is 41.7 Å². The van der Waals surface area contributed by atoms with Gasteiger partial charge in [0.25, 0.3) is 0 Å². The summed E-state index contributed by atoms with van der Waals surface area (Å²) in [4.78, 5) is 8.89. The molecule has 8 heteroatoms. The van der Waals surface area contributed by atoms with Gasteiger partial charge < -0.3 is 20.1 Å². The fourth-order valence-electron chi connectivity index (χ4n) is 1.70. The molecule has 0 aliphatic carbocycles. The summed E-state index contributed by atoms with van der Waals surface area (Å²) >= 11 is 1.83. The van der Waals surface area contributed by atoms with Crippen molar-refractivity contribution in [2.45, 2.75) is 32.1 Å². The van der Waals surface area contributed by atoms with Crippen LogP contribution < -0.4 is 15.4 Å². The number of methoxy groups -OCH3 is 1. The largest absolute Gasteiger partial charge is 0.475 e. The molecule has 0 spiro atoms. The van der Waals surface area contributed by atoms with Gasteiger partial charge in [0, 0.05) is 37.2 Å². The molecule has 0 radical (unpaired) electrons. The van der Waals surface area contributed by atoms with E-state index in [4.69, 9.17) is 9.47 Å². The first-order chi connectivity index (χ1) is 11.5. The third-order valence-electron chi connectivity index (χ3n) is 3.33. The van der Waals surface area contributed by atoms with Crippen molar-refractivity contribution < 1.29 is 9.47 Å². The van der Waals surface area contributed by atoms with Gasteiger partial charge in [0.2, 0.25) is 5.88 Å². The minimum atomic E-state index is 0. The number of hydrogen-bond donors (Lipinski definition) is 2. The van der Waals surface area contributed by atoms with Crippen LogP contribution in [0.25, 0.3) is 0 Å². The predicted octanol–water partition coefficient (Wildman–Crippen LogP) is 2.92. The van der Waals surface area contributed by atoms with Gasteiger partial charge in [0.05, 0.1) is 13.2 Å². The van der Waals surface area contributed by atoms with E-state index in [0.29, 0.717) is 25.6 Å². The molecule has 6 nitrogen and oxygen atoms in total. The molecule has 0 fully saturated rings. The first-order valence-corrected chi connectivity index (χ1v) is 9.37. The maximum absolute atomic E-state index is 5.45. The average molecular weight is 482 g/mol. The normalized spacial score (nSPS) is 11.6. The number of pyridine rings is 1. The molecule has 0 amide bonds. The number of rotatable bonds is 10. The summed E-state index contributed by atoms with van der Waals surface area (Å²) in [6, 6.07) is 3.84. The van der Waals surface area contributed by atoms with E-state index >= 15 is 0 Å². The van der Waals surface area contributed by atoms with E-state index < -0.39 is 0 Å². The lowest BCUT2D eigenvalue weighted by atomic mass is 10.2. The molecule has 0 saturated carbocycles. The van der Waals surface area contributed by atoms with Crippen molar-refractivity contribution in [3.63, 3.8) is 0 Å². The number of nitrogens with zero attached hydrogens (tertiary/aromatic N) is 2. The van der Waals surface area contributed by atoms with Crippen molar-refractivity contribution in [1.29, 1.82) is 0 Å². The lowest BCUT2D eigenvalue weighted by Crippen LogP contribution is -2.43. The van der Waals surface area contributed by atoms with Crippen LogP contribution in [0.2, 0.25) is 0 Å². The van der Waals surface area contributed by atoms with Gasteiger partial charge in [0.15, 0.2) is 5.96 Å². The van der Waals surface area contributed by atoms with Crippen LogP contribution in [0, 0.1) is 0 Å². The van der Waals surface area contributed by atoms with Gasteiger partial charge in [-0.2, -0.15) is 11.8 Å². The van der Waals surface area contributed by atoms with Gasteiger partial charge >= 0.3 is 0 Å². The zero-order chi connectivity index (χ0) is 17.8. The second kappa shape index (κ2) is 13.5. The van der Waals surface area contributed by atoms with E-state index in [1.54, 1.807) is 13.3 Å². The molecule has 0 aromatic carbocycles. The molecular weight excluding hydrogens is 451 g/mol. The van der Waals surface area contributed by atoms with Gasteiger partial charge in [-0.15, -0.1) is 24.0 Å². The molecule has 0 aliphatic rings. The highest BCUT2D eigenvalue weighted by Gasteiger charge is 2.16. The van der Waals surface area contributed by atoms with Gasteiger partial charge in [-0.25, -0.2) is 9.98 Å². The molecule has 0 bridgehead atoms. The molecule has 25 heavy (non-hydrogen) atoms. The number of aromatic nitrogens is 1. The number of hydrogen-bond acceptors (Lipinski definition) is 5. The third-order valence-corrected chi connectivity index (χ3v) is 4.58. The van der Waals surface area contributed by atoms with Crippen molar-refractivity contribution in [2.24, 2.45) is 4.99 Å². The Labute approximate surface area is 173 Å². The number of halogens is 1. The summed E-state index contributed by atoms with van der Waals surface area (Å²) in [5, 5.41) is 6.65. The van der Waals surface area contributed by atoms with E-state index in [1.807, 2.05) is 23.9 Å². The summed E-state index contributed by atoms with van der Waals surface area (Å²) in [6.45, 7) is 9.78. The summed E-state index contributed by atoms with van der Waals surface area (Å²) < 4.78 is 10.6. The Kier molecular flexibility index (Phi) is 13.1. The lowest BCUT2D eigenvalue weighted by Gasteiger charge is -2.23. The molecule has 1 aromatic rings. The van der Waals surface area contributed by atoms with Crippen LogP contribution in [-0.4, -0.2) is 55.4 Å². The minimum absolute atomic E-state index is 0. The summed E-state index contributed by atoms with van der Waals surface area (Å²) in [7, 11) is 1.65. The Morgan fingerprint density at radius 3 is 2.60 bits per heavy atom. The Bertz CT molecular complexity index is 498. The van der Waals surface area contributed by atoms with E-state index in [-0.39, 0.29) is 28.7 Å². The molecule has 144 valence electrons. The number of thioether (sulfide) groups is 1. The van der Waals surface area contributed by atoms with Crippen molar-refractivity contribution in [3.05, 3.63) is 23.9 Å². The summed E-state index contributed by atoms with van der Waals surface area (Å²) in [5.74, 6) is 1.42. The fraction of sp³-hybridized carbons (Fsp3) is 0.647. The van der Waals surface area contributed by atoms with Crippen LogP contribution in [0.5, 0.6) is 5.88 Å². The zero-order valence-electron chi connectivity index (χ0n) is 15.8. The molecule has 0 saturated heterocycles. The Morgan fingerprint density at radius 1 is 1.28 bits per heavy atom. The molecule has 0 atom stereocenters.